The van der Waals surface area contributed by atoms with Gasteiger partial charge in [0.2, 0.25) is 0 Å². The Hall–Kier alpha value is -1.38. The molecule has 19 heavy (non-hydrogen) atoms. The number of nitrogens with zero attached hydrogens (tertiary/aromatic N) is 1. The third kappa shape index (κ3) is 2.51. The molecule has 100 valence electrons. The molecule has 1 saturated heterocycles. The van der Waals surface area contributed by atoms with Crippen molar-refractivity contribution in [3.05, 3.63) is 29.6 Å². The third-order valence-corrected chi connectivity index (χ3v) is 3.86. The van der Waals surface area contributed by atoms with E-state index in [1.807, 2.05) is 33.8 Å². The average Bonchev–Trinajstić information content (AvgIpc) is 2.51. The van der Waals surface area contributed by atoms with Crippen molar-refractivity contribution in [3.8, 4) is 6.07 Å². The predicted molar refractivity (Wildman–Crippen MR) is 71.4 cm³/mol. The molecule has 1 fully saturated rings. The van der Waals surface area contributed by atoms with Crippen molar-refractivity contribution in [2.24, 2.45) is 0 Å². The Labute approximate surface area is 113 Å². The van der Waals surface area contributed by atoms with E-state index in [-0.39, 0.29) is 12.2 Å². The first-order chi connectivity index (χ1) is 8.77. The SMILES string of the molecule is CC1(C)OB(c2ccc(F)c(CC#N)c2)OC1(C)C. The Kier molecular flexibility index (Phi) is 3.42. The van der Waals surface area contributed by atoms with E-state index in [0.29, 0.717) is 5.56 Å². The Morgan fingerprint density at radius 3 is 2.32 bits per heavy atom. The topological polar surface area (TPSA) is 42.2 Å². The Bertz CT molecular complexity index is 521. The van der Waals surface area contributed by atoms with Gasteiger partial charge in [-0.05, 0) is 39.2 Å². The van der Waals surface area contributed by atoms with Crippen molar-refractivity contribution >= 4 is 12.6 Å². The summed E-state index contributed by atoms with van der Waals surface area (Å²) < 4.78 is 25.3. The minimum atomic E-state index is -0.525. The highest BCUT2D eigenvalue weighted by Crippen LogP contribution is 2.36. The van der Waals surface area contributed by atoms with Crippen LogP contribution in [0.2, 0.25) is 0 Å². The van der Waals surface area contributed by atoms with Gasteiger partial charge in [0, 0.05) is 5.56 Å². The van der Waals surface area contributed by atoms with Gasteiger partial charge in [-0.15, -0.1) is 0 Å². The minimum absolute atomic E-state index is 0.0409. The first kappa shape index (κ1) is 14.0. The van der Waals surface area contributed by atoms with Gasteiger partial charge in [0.05, 0.1) is 23.7 Å². The average molecular weight is 261 g/mol. The lowest BCUT2D eigenvalue weighted by Gasteiger charge is -2.32. The summed E-state index contributed by atoms with van der Waals surface area (Å²) >= 11 is 0. The molecule has 0 bridgehead atoms. The van der Waals surface area contributed by atoms with Gasteiger partial charge in [-0.3, -0.25) is 0 Å². The molecule has 0 radical (unpaired) electrons. The van der Waals surface area contributed by atoms with Crippen molar-refractivity contribution in [2.75, 3.05) is 0 Å². The highest BCUT2D eigenvalue weighted by atomic mass is 19.1. The molecule has 2 rings (SSSR count). The number of benzene rings is 1. The summed E-state index contributed by atoms with van der Waals surface area (Å²) in [5.74, 6) is -0.373. The molecule has 0 saturated carbocycles. The highest BCUT2D eigenvalue weighted by Gasteiger charge is 2.51. The number of hydrogen-bond donors (Lipinski definition) is 0. The molecule has 1 aromatic carbocycles. The summed E-state index contributed by atoms with van der Waals surface area (Å²) in [6, 6.07) is 6.58. The first-order valence-corrected chi connectivity index (χ1v) is 6.28. The number of hydrogen-bond acceptors (Lipinski definition) is 3. The molecule has 0 atom stereocenters. The molecule has 0 aromatic heterocycles. The van der Waals surface area contributed by atoms with E-state index >= 15 is 0 Å². The van der Waals surface area contributed by atoms with Crippen LogP contribution in [-0.2, 0) is 15.7 Å². The van der Waals surface area contributed by atoms with Crippen LogP contribution in [0.5, 0.6) is 0 Å². The second-order valence-corrected chi connectivity index (χ2v) is 5.77. The van der Waals surface area contributed by atoms with Gasteiger partial charge >= 0.3 is 7.12 Å². The van der Waals surface area contributed by atoms with Gasteiger partial charge in [-0.2, -0.15) is 5.26 Å². The van der Waals surface area contributed by atoms with E-state index in [0.717, 1.165) is 5.46 Å². The van der Waals surface area contributed by atoms with Crippen LogP contribution in [0.3, 0.4) is 0 Å². The van der Waals surface area contributed by atoms with Gasteiger partial charge in [-0.25, -0.2) is 4.39 Å². The zero-order chi connectivity index (χ0) is 14.3. The van der Waals surface area contributed by atoms with E-state index in [1.165, 1.54) is 6.07 Å². The summed E-state index contributed by atoms with van der Waals surface area (Å²) in [4.78, 5) is 0. The first-order valence-electron chi connectivity index (χ1n) is 6.28. The normalized spacial score (nSPS) is 20.3. The molecule has 1 aliphatic heterocycles. The van der Waals surface area contributed by atoms with E-state index in [1.54, 1.807) is 12.1 Å². The van der Waals surface area contributed by atoms with E-state index in [9.17, 15) is 4.39 Å². The molecule has 1 heterocycles. The maximum atomic E-state index is 13.5. The molecule has 1 aromatic rings. The summed E-state index contributed by atoms with van der Waals surface area (Å²) in [6.45, 7) is 7.86. The summed E-state index contributed by atoms with van der Waals surface area (Å²) in [6.07, 6.45) is 0.0409. The quantitative estimate of drug-likeness (QED) is 0.766. The Balaban J connectivity index is 2.30. The van der Waals surface area contributed by atoms with Crippen molar-refractivity contribution in [1.82, 2.24) is 0 Å². The van der Waals surface area contributed by atoms with E-state index in [2.05, 4.69) is 0 Å². The van der Waals surface area contributed by atoms with Gasteiger partial charge in [0.1, 0.15) is 5.82 Å². The van der Waals surface area contributed by atoms with Gasteiger partial charge in [0.25, 0.3) is 0 Å². The lowest BCUT2D eigenvalue weighted by molar-refractivity contribution is 0.00578. The van der Waals surface area contributed by atoms with Gasteiger partial charge < -0.3 is 9.31 Å². The fraction of sp³-hybridized carbons (Fsp3) is 0.500. The minimum Gasteiger partial charge on any atom is -0.399 e. The lowest BCUT2D eigenvalue weighted by Crippen LogP contribution is -2.41. The van der Waals surface area contributed by atoms with Crippen LogP contribution in [0.1, 0.15) is 33.3 Å². The summed E-state index contributed by atoms with van der Waals surface area (Å²) in [7, 11) is -0.525. The second-order valence-electron chi connectivity index (χ2n) is 5.77. The van der Waals surface area contributed by atoms with Crippen LogP contribution in [0.15, 0.2) is 18.2 Å². The van der Waals surface area contributed by atoms with Crippen LogP contribution in [0, 0.1) is 17.1 Å². The molecular weight excluding hydrogens is 244 g/mol. The van der Waals surface area contributed by atoms with Gasteiger partial charge in [-0.1, -0.05) is 12.1 Å². The van der Waals surface area contributed by atoms with Crippen molar-refractivity contribution in [3.63, 3.8) is 0 Å². The lowest BCUT2D eigenvalue weighted by atomic mass is 9.78. The molecule has 1 aliphatic rings. The molecule has 0 amide bonds. The highest BCUT2D eigenvalue weighted by molar-refractivity contribution is 6.62. The Morgan fingerprint density at radius 1 is 1.21 bits per heavy atom. The monoisotopic (exact) mass is 261 g/mol. The molecule has 0 N–H and O–H groups in total. The van der Waals surface area contributed by atoms with Crippen LogP contribution >= 0.6 is 0 Å². The molecule has 0 unspecified atom stereocenters. The van der Waals surface area contributed by atoms with Crippen molar-refractivity contribution < 1.29 is 13.7 Å². The number of rotatable bonds is 2. The zero-order valence-electron chi connectivity index (χ0n) is 11.7. The molecule has 5 heteroatoms. The molecule has 0 aliphatic carbocycles. The van der Waals surface area contributed by atoms with E-state index < -0.39 is 18.3 Å². The third-order valence-electron chi connectivity index (χ3n) is 3.86. The number of halogens is 1. The molecule has 3 nitrogen and oxygen atoms in total. The van der Waals surface area contributed by atoms with Crippen LogP contribution in [0.25, 0.3) is 0 Å². The standard InChI is InChI=1S/C14H17BFNO2/c1-13(2)14(3,4)19-15(18-13)11-5-6-12(16)10(9-11)7-8-17/h5-6,9H,7H2,1-4H3. The van der Waals surface area contributed by atoms with Crippen molar-refractivity contribution in [2.45, 2.75) is 45.3 Å². The van der Waals surface area contributed by atoms with Gasteiger partial charge in [0.15, 0.2) is 0 Å². The number of nitriles is 1. The summed E-state index contributed by atoms with van der Waals surface area (Å²) in [5, 5.41) is 8.69. The smallest absolute Gasteiger partial charge is 0.399 e. The Morgan fingerprint density at radius 2 is 1.79 bits per heavy atom. The maximum Gasteiger partial charge on any atom is 0.494 e. The second kappa shape index (κ2) is 4.62. The van der Waals surface area contributed by atoms with Crippen molar-refractivity contribution in [1.29, 1.82) is 5.26 Å². The zero-order valence-corrected chi connectivity index (χ0v) is 11.7. The largest absolute Gasteiger partial charge is 0.494 e. The van der Waals surface area contributed by atoms with Crippen LogP contribution in [0.4, 0.5) is 4.39 Å². The molecule has 0 spiro atoms. The fourth-order valence-electron chi connectivity index (χ4n) is 1.94. The maximum absolute atomic E-state index is 13.5. The molecular formula is C14H17BFNO2. The fourth-order valence-corrected chi connectivity index (χ4v) is 1.94. The predicted octanol–water partition coefficient (Wildman–Crippen LogP) is 2.19. The van der Waals surface area contributed by atoms with Crippen LogP contribution in [-0.4, -0.2) is 18.3 Å². The van der Waals surface area contributed by atoms with Crippen LogP contribution < -0.4 is 5.46 Å². The van der Waals surface area contributed by atoms with E-state index in [4.69, 9.17) is 14.6 Å². The summed E-state index contributed by atoms with van der Waals surface area (Å²) in [5.41, 5.74) is 0.253.